The van der Waals surface area contributed by atoms with Crippen LogP contribution in [0.1, 0.15) is 41.1 Å². The van der Waals surface area contributed by atoms with Crippen molar-refractivity contribution in [2.75, 3.05) is 20.2 Å². The van der Waals surface area contributed by atoms with Gasteiger partial charge in [0.15, 0.2) is 0 Å². The molecular formula is C24H26N4O4. The van der Waals surface area contributed by atoms with E-state index in [1.807, 2.05) is 53.4 Å². The highest BCUT2D eigenvalue weighted by molar-refractivity contribution is 5.94. The molecule has 0 atom stereocenters. The normalized spacial score (nSPS) is 13.2. The number of nitrogens with zero attached hydrogens (tertiary/aromatic N) is 3. The fourth-order valence-corrected chi connectivity index (χ4v) is 3.64. The van der Waals surface area contributed by atoms with Crippen LogP contribution in [-0.2, 0) is 17.8 Å². The Morgan fingerprint density at radius 3 is 2.66 bits per heavy atom. The molecule has 8 nitrogen and oxygen atoms in total. The zero-order valence-corrected chi connectivity index (χ0v) is 18.0. The van der Waals surface area contributed by atoms with Crippen molar-refractivity contribution in [3.8, 4) is 17.1 Å². The average molecular weight is 434 g/mol. The van der Waals surface area contributed by atoms with Gasteiger partial charge in [-0.15, -0.1) is 0 Å². The Morgan fingerprint density at radius 1 is 1.12 bits per heavy atom. The molecule has 0 bridgehead atoms. The minimum absolute atomic E-state index is 0.0553. The summed E-state index contributed by atoms with van der Waals surface area (Å²) in [6, 6.07) is 14.8. The van der Waals surface area contributed by atoms with Crippen LogP contribution in [0.5, 0.6) is 5.75 Å². The lowest BCUT2D eigenvalue weighted by atomic mass is 10.1. The van der Waals surface area contributed by atoms with Crippen LogP contribution in [0.25, 0.3) is 11.4 Å². The second kappa shape index (κ2) is 10.1. The van der Waals surface area contributed by atoms with Crippen molar-refractivity contribution in [3.05, 3.63) is 65.5 Å². The van der Waals surface area contributed by atoms with Crippen molar-refractivity contribution in [2.24, 2.45) is 0 Å². The molecule has 1 N–H and O–H groups in total. The largest absolute Gasteiger partial charge is 0.497 e. The van der Waals surface area contributed by atoms with E-state index >= 15 is 0 Å². The number of methoxy groups -OCH3 is 1. The minimum Gasteiger partial charge on any atom is -0.497 e. The molecule has 0 radical (unpaired) electrons. The highest BCUT2D eigenvalue weighted by Gasteiger charge is 2.19. The highest BCUT2D eigenvalue weighted by Crippen LogP contribution is 2.20. The maximum atomic E-state index is 12.5. The average Bonchev–Trinajstić information content (AvgIpc) is 3.54. The van der Waals surface area contributed by atoms with Gasteiger partial charge in [0.25, 0.3) is 5.91 Å². The quantitative estimate of drug-likeness (QED) is 0.585. The SMILES string of the molecule is COc1ccc(-c2noc(CCC(=O)NCc3cccc(C(=O)N4CCCC4)c3)n2)cc1. The zero-order valence-electron chi connectivity index (χ0n) is 18.0. The Hall–Kier alpha value is -3.68. The fourth-order valence-electron chi connectivity index (χ4n) is 3.64. The molecule has 0 unspecified atom stereocenters. The number of ether oxygens (including phenoxy) is 1. The first-order valence-electron chi connectivity index (χ1n) is 10.7. The molecule has 0 saturated carbocycles. The number of carbonyl (C=O) groups excluding carboxylic acids is 2. The molecule has 2 heterocycles. The van der Waals surface area contributed by atoms with Gasteiger partial charge in [-0.2, -0.15) is 4.98 Å². The summed E-state index contributed by atoms with van der Waals surface area (Å²) in [6.07, 6.45) is 2.70. The van der Waals surface area contributed by atoms with Gasteiger partial charge in [-0.3, -0.25) is 9.59 Å². The number of amides is 2. The van der Waals surface area contributed by atoms with Crippen LogP contribution < -0.4 is 10.1 Å². The Kier molecular flexibility index (Phi) is 6.79. The third kappa shape index (κ3) is 5.32. The van der Waals surface area contributed by atoms with E-state index in [0.717, 1.165) is 42.8 Å². The highest BCUT2D eigenvalue weighted by atomic mass is 16.5. The zero-order chi connectivity index (χ0) is 22.3. The third-order valence-electron chi connectivity index (χ3n) is 5.44. The van der Waals surface area contributed by atoms with E-state index in [-0.39, 0.29) is 18.2 Å². The Bertz CT molecular complexity index is 1070. The monoisotopic (exact) mass is 434 g/mol. The Labute approximate surface area is 186 Å². The maximum Gasteiger partial charge on any atom is 0.253 e. The van der Waals surface area contributed by atoms with E-state index in [2.05, 4.69) is 15.5 Å². The summed E-state index contributed by atoms with van der Waals surface area (Å²) >= 11 is 0. The van der Waals surface area contributed by atoms with Gasteiger partial charge in [0.1, 0.15) is 5.75 Å². The lowest BCUT2D eigenvalue weighted by Crippen LogP contribution is -2.28. The number of carbonyl (C=O) groups is 2. The lowest BCUT2D eigenvalue weighted by molar-refractivity contribution is -0.121. The van der Waals surface area contributed by atoms with Crippen LogP contribution in [0.3, 0.4) is 0 Å². The molecule has 1 aromatic heterocycles. The standard InChI is InChI=1S/C24H26N4O4/c1-31-20-9-7-18(8-10-20)23-26-22(32-27-23)12-11-21(29)25-16-17-5-4-6-19(15-17)24(30)28-13-2-3-14-28/h4-10,15H,2-3,11-14,16H2,1H3,(H,25,29). The number of rotatable bonds is 8. The second-order valence-corrected chi connectivity index (χ2v) is 7.72. The molecule has 0 aliphatic carbocycles. The molecular weight excluding hydrogens is 408 g/mol. The summed E-state index contributed by atoms with van der Waals surface area (Å²) in [5.74, 6) is 1.57. The van der Waals surface area contributed by atoms with Crippen molar-refractivity contribution >= 4 is 11.8 Å². The van der Waals surface area contributed by atoms with E-state index in [1.165, 1.54) is 0 Å². The first kappa shape index (κ1) is 21.5. The van der Waals surface area contributed by atoms with Gasteiger partial charge in [-0.25, -0.2) is 0 Å². The topological polar surface area (TPSA) is 97.6 Å². The lowest BCUT2D eigenvalue weighted by Gasteiger charge is -2.15. The molecule has 32 heavy (non-hydrogen) atoms. The van der Waals surface area contributed by atoms with E-state index < -0.39 is 0 Å². The summed E-state index contributed by atoms with van der Waals surface area (Å²) < 4.78 is 10.4. The molecule has 3 aromatic rings. The number of benzene rings is 2. The van der Waals surface area contributed by atoms with Crippen molar-refractivity contribution in [1.29, 1.82) is 0 Å². The maximum absolute atomic E-state index is 12.5. The van der Waals surface area contributed by atoms with Crippen LogP contribution in [0.2, 0.25) is 0 Å². The van der Waals surface area contributed by atoms with Crippen molar-refractivity contribution in [2.45, 2.75) is 32.2 Å². The summed E-state index contributed by atoms with van der Waals surface area (Å²) in [6.45, 7) is 1.99. The summed E-state index contributed by atoms with van der Waals surface area (Å²) in [4.78, 5) is 31.0. The van der Waals surface area contributed by atoms with Gasteiger partial charge < -0.3 is 19.5 Å². The Balaban J connectivity index is 1.26. The second-order valence-electron chi connectivity index (χ2n) is 7.72. The van der Waals surface area contributed by atoms with E-state index in [4.69, 9.17) is 9.26 Å². The van der Waals surface area contributed by atoms with Crippen molar-refractivity contribution in [1.82, 2.24) is 20.4 Å². The molecule has 1 aliphatic rings. The van der Waals surface area contributed by atoms with Gasteiger partial charge in [0, 0.05) is 43.6 Å². The van der Waals surface area contributed by atoms with Crippen LogP contribution >= 0.6 is 0 Å². The predicted octanol–water partition coefficient (Wildman–Crippen LogP) is 3.23. The van der Waals surface area contributed by atoms with Crippen molar-refractivity contribution in [3.63, 3.8) is 0 Å². The van der Waals surface area contributed by atoms with E-state index in [1.54, 1.807) is 7.11 Å². The van der Waals surface area contributed by atoms with Crippen LogP contribution in [0.15, 0.2) is 53.1 Å². The Morgan fingerprint density at radius 2 is 1.91 bits per heavy atom. The number of aromatic nitrogens is 2. The van der Waals surface area contributed by atoms with Gasteiger partial charge in [0.05, 0.1) is 7.11 Å². The summed E-state index contributed by atoms with van der Waals surface area (Å²) in [5, 5.41) is 6.87. The fraction of sp³-hybridized carbons (Fsp3) is 0.333. The molecule has 2 amide bonds. The van der Waals surface area contributed by atoms with E-state index in [9.17, 15) is 9.59 Å². The van der Waals surface area contributed by atoms with Crippen LogP contribution in [0.4, 0.5) is 0 Å². The molecule has 4 rings (SSSR count). The number of hydrogen-bond donors (Lipinski definition) is 1. The van der Waals surface area contributed by atoms with Gasteiger partial charge in [0.2, 0.25) is 17.6 Å². The predicted molar refractivity (Wildman–Crippen MR) is 118 cm³/mol. The minimum atomic E-state index is -0.120. The molecule has 166 valence electrons. The molecule has 8 heteroatoms. The first-order chi connectivity index (χ1) is 15.6. The third-order valence-corrected chi connectivity index (χ3v) is 5.44. The smallest absolute Gasteiger partial charge is 0.253 e. The van der Waals surface area contributed by atoms with Crippen molar-refractivity contribution < 1.29 is 18.8 Å². The van der Waals surface area contributed by atoms with E-state index in [0.29, 0.717) is 30.2 Å². The number of likely N-dealkylation sites (tertiary alicyclic amines) is 1. The molecule has 0 spiro atoms. The number of aryl methyl sites for hydroxylation is 1. The molecule has 2 aromatic carbocycles. The van der Waals surface area contributed by atoms with Crippen LogP contribution in [-0.4, -0.2) is 47.1 Å². The van der Waals surface area contributed by atoms with Gasteiger partial charge in [-0.1, -0.05) is 17.3 Å². The summed E-state index contributed by atoms with van der Waals surface area (Å²) in [5.41, 5.74) is 2.37. The molecule has 1 aliphatic heterocycles. The van der Waals surface area contributed by atoms with Crippen LogP contribution in [0, 0.1) is 0 Å². The molecule has 1 saturated heterocycles. The summed E-state index contributed by atoms with van der Waals surface area (Å²) in [7, 11) is 1.61. The number of hydrogen-bond acceptors (Lipinski definition) is 6. The number of nitrogens with one attached hydrogen (secondary N) is 1. The van der Waals surface area contributed by atoms with Gasteiger partial charge >= 0.3 is 0 Å². The first-order valence-corrected chi connectivity index (χ1v) is 10.7. The van der Waals surface area contributed by atoms with Gasteiger partial charge in [-0.05, 0) is 54.8 Å². The molecule has 1 fully saturated rings.